The lowest BCUT2D eigenvalue weighted by molar-refractivity contribution is -0.141. The Morgan fingerprint density at radius 2 is 1.80 bits per heavy atom. The Balaban J connectivity index is 1.48. The summed E-state index contributed by atoms with van der Waals surface area (Å²) < 4.78 is 52.4. The monoisotopic (exact) mass is 434 g/mol. The third-order valence-electron chi connectivity index (χ3n) is 5.15. The van der Waals surface area contributed by atoms with Gasteiger partial charge in [0.1, 0.15) is 12.4 Å². The lowest BCUT2D eigenvalue weighted by atomic mass is 10.2. The molecular weight excluding hydrogens is 411 g/mol. The Morgan fingerprint density at radius 1 is 1.03 bits per heavy atom. The van der Waals surface area contributed by atoms with Gasteiger partial charge in [0, 0.05) is 19.2 Å². The molecule has 0 unspecified atom stereocenters. The summed E-state index contributed by atoms with van der Waals surface area (Å²) in [6.45, 7) is 1.45. The molecule has 2 heterocycles. The largest absolute Gasteiger partial charge is 0.485 e. The zero-order valence-electron chi connectivity index (χ0n) is 16.3. The summed E-state index contributed by atoms with van der Waals surface area (Å²) in [6, 6.07) is 9.36. The smallest absolute Gasteiger partial charge is 0.267 e. The van der Waals surface area contributed by atoms with E-state index in [4.69, 9.17) is 9.47 Å². The second kappa shape index (κ2) is 8.51. The number of anilines is 1. The van der Waals surface area contributed by atoms with Crippen LogP contribution >= 0.6 is 0 Å². The molecule has 1 saturated heterocycles. The molecule has 1 amide bonds. The average Bonchev–Trinajstić information content (AvgIpc) is 3.01. The van der Waals surface area contributed by atoms with Gasteiger partial charge in [-0.15, -0.1) is 0 Å². The number of halogens is 1. The minimum atomic E-state index is -3.94. The molecule has 0 aromatic heterocycles. The molecule has 2 aromatic rings. The van der Waals surface area contributed by atoms with E-state index in [2.05, 4.69) is 4.72 Å². The van der Waals surface area contributed by atoms with Crippen molar-refractivity contribution in [2.24, 2.45) is 0 Å². The van der Waals surface area contributed by atoms with Gasteiger partial charge in [-0.1, -0.05) is 18.9 Å². The lowest BCUT2D eigenvalue weighted by Gasteiger charge is -2.30. The normalized spacial score (nSPS) is 19.1. The Hall–Kier alpha value is -2.81. The summed E-state index contributed by atoms with van der Waals surface area (Å²) in [5.41, 5.74) is 0.119. The summed E-state index contributed by atoms with van der Waals surface area (Å²) in [5.74, 6) is -0.0827. The van der Waals surface area contributed by atoms with Gasteiger partial charge in [0.15, 0.2) is 11.5 Å². The molecule has 7 nitrogen and oxygen atoms in total. The van der Waals surface area contributed by atoms with Crippen molar-refractivity contribution in [3.63, 3.8) is 0 Å². The molecule has 0 spiro atoms. The fourth-order valence-electron chi connectivity index (χ4n) is 3.60. The van der Waals surface area contributed by atoms with Crippen LogP contribution in [0.2, 0.25) is 0 Å². The highest BCUT2D eigenvalue weighted by atomic mass is 32.2. The Labute approximate surface area is 174 Å². The maximum atomic E-state index is 13.3. The van der Waals surface area contributed by atoms with Gasteiger partial charge in [0.2, 0.25) is 6.10 Å². The van der Waals surface area contributed by atoms with Crippen LogP contribution in [0.5, 0.6) is 11.5 Å². The lowest BCUT2D eigenvalue weighted by Crippen LogP contribution is -2.46. The number of sulfonamides is 1. The molecule has 1 fully saturated rings. The molecule has 30 heavy (non-hydrogen) atoms. The van der Waals surface area contributed by atoms with Crippen molar-refractivity contribution < 1.29 is 27.1 Å². The zero-order valence-corrected chi connectivity index (χ0v) is 17.2. The third-order valence-corrected chi connectivity index (χ3v) is 6.53. The van der Waals surface area contributed by atoms with Gasteiger partial charge in [0.25, 0.3) is 15.9 Å². The van der Waals surface area contributed by atoms with Crippen LogP contribution in [0.3, 0.4) is 0 Å². The van der Waals surface area contributed by atoms with Crippen LogP contribution in [0, 0.1) is 5.82 Å². The van der Waals surface area contributed by atoms with Crippen molar-refractivity contribution in [2.75, 3.05) is 24.4 Å². The third kappa shape index (κ3) is 4.51. The van der Waals surface area contributed by atoms with Gasteiger partial charge < -0.3 is 14.4 Å². The average molecular weight is 434 g/mol. The number of hydrogen-bond donors (Lipinski definition) is 1. The van der Waals surface area contributed by atoms with E-state index in [0.717, 1.165) is 31.7 Å². The van der Waals surface area contributed by atoms with Gasteiger partial charge in [-0.05, 0) is 43.2 Å². The predicted octanol–water partition coefficient (Wildman–Crippen LogP) is 3.17. The van der Waals surface area contributed by atoms with Crippen LogP contribution < -0.4 is 14.2 Å². The van der Waals surface area contributed by atoms with Crippen molar-refractivity contribution in [3.8, 4) is 11.5 Å². The van der Waals surface area contributed by atoms with E-state index in [1.807, 2.05) is 4.90 Å². The molecule has 1 atom stereocenters. The molecule has 0 radical (unpaired) electrons. The van der Waals surface area contributed by atoms with Crippen LogP contribution in [0.4, 0.5) is 10.1 Å². The molecule has 2 aliphatic heterocycles. The van der Waals surface area contributed by atoms with Crippen LogP contribution in [-0.4, -0.2) is 45.0 Å². The molecular formula is C21H23FN2O5S. The molecule has 0 bridgehead atoms. The number of nitrogens with zero attached hydrogens (tertiary/aromatic N) is 1. The minimum absolute atomic E-state index is 0.0170. The maximum Gasteiger partial charge on any atom is 0.267 e. The number of rotatable bonds is 4. The van der Waals surface area contributed by atoms with E-state index in [-0.39, 0.29) is 28.8 Å². The van der Waals surface area contributed by atoms with E-state index < -0.39 is 21.9 Å². The molecule has 2 aromatic carbocycles. The highest BCUT2D eigenvalue weighted by Gasteiger charge is 2.32. The number of hydrogen-bond acceptors (Lipinski definition) is 5. The summed E-state index contributed by atoms with van der Waals surface area (Å²) >= 11 is 0. The second-order valence-corrected chi connectivity index (χ2v) is 9.06. The first-order valence-corrected chi connectivity index (χ1v) is 11.4. The number of carbonyl (C=O) groups is 1. The first-order valence-electron chi connectivity index (χ1n) is 9.93. The van der Waals surface area contributed by atoms with Crippen molar-refractivity contribution in [1.29, 1.82) is 0 Å². The molecule has 1 N–H and O–H groups in total. The standard InChI is InChI=1S/C21H23FN2O5S/c22-15-6-5-7-16(12-15)23-30(26,27)17-8-9-18-19(13-17)28-14-20(29-18)21(25)24-10-3-1-2-4-11-24/h5-9,12-13,20,23H,1-4,10-11,14H2/t20-/m0/s1. The van der Waals surface area contributed by atoms with Gasteiger partial charge in [0.05, 0.1) is 10.6 Å². The number of nitrogens with one attached hydrogen (secondary N) is 1. The number of amides is 1. The quantitative estimate of drug-likeness (QED) is 0.799. The van der Waals surface area contributed by atoms with Crippen molar-refractivity contribution in [3.05, 3.63) is 48.3 Å². The van der Waals surface area contributed by atoms with E-state index in [1.165, 1.54) is 36.4 Å². The van der Waals surface area contributed by atoms with Gasteiger partial charge >= 0.3 is 0 Å². The maximum absolute atomic E-state index is 13.3. The van der Waals surface area contributed by atoms with Crippen LogP contribution in [0.25, 0.3) is 0 Å². The zero-order chi connectivity index (χ0) is 21.1. The molecule has 4 rings (SSSR count). The summed E-state index contributed by atoms with van der Waals surface area (Å²) in [7, 11) is -3.94. The molecule has 2 aliphatic rings. The van der Waals surface area contributed by atoms with Crippen LogP contribution in [0.15, 0.2) is 47.4 Å². The molecule has 9 heteroatoms. The number of ether oxygens (including phenoxy) is 2. The minimum Gasteiger partial charge on any atom is -0.485 e. The van der Waals surface area contributed by atoms with E-state index in [0.29, 0.717) is 18.8 Å². The number of likely N-dealkylation sites (tertiary alicyclic amines) is 1. The second-order valence-electron chi connectivity index (χ2n) is 7.38. The predicted molar refractivity (Wildman–Crippen MR) is 109 cm³/mol. The van der Waals surface area contributed by atoms with E-state index in [1.54, 1.807) is 0 Å². The summed E-state index contributed by atoms with van der Waals surface area (Å²) in [5, 5.41) is 0. The van der Waals surface area contributed by atoms with Crippen LogP contribution in [0.1, 0.15) is 25.7 Å². The fraction of sp³-hybridized carbons (Fsp3) is 0.381. The van der Waals surface area contributed by atoms with E-state index >= 15 is 0 Å². The Kier molecular flexibility index (Phi) is 5.80. The highest BCUT2D eigenvalue weighted by Crippen LogP contribution is 2.35. The van der Waals surface area contributed by atoms with Gasteiger partial charge in [-0.25, -0.2) is 12.8 Å². The topological polar surface area (TPSA) is 84.9 Å². The van der Waals surface area contributed by atoms with Crippen LogP contribution in [-0.2, 0) is 14.8 Å². The van der Waals surface area contributed by atoms with E-state index in [9.17, 15) is 17.6 Å². The Morgan fingerprint density at radius 3 is 2.53 bits per heavy atom. The molecule has 0 aliphatic carbocycles. The summed E-state index contributed by atoms with van der Waals surface area (Å²) in [4.78, 5) is 14.5. The molecule has 160 valence electrons. The summed E-state index contributed by atoms with van der Waals surface area (Å²) in [6.07, 6.45) is 3.46. The Bertz CT molecular complexity index is 1040. The number of benzene rings is 2. The van der Waals surface area contributed by atoms with Gasteiger partial charge in [-0.3, -0.25) is 9.52 Å². The number of fused-ring (bicyclic) bond motifs is 1. The highest BCUT2D eigenvalue weighted by molar-refractivity contribution is 7.92. The molecule has 0 saturated carbocycles. The first-order chi connectivity index (χ1) is 14.4. The van der Waals surface area contributed by atoms with Crippen molar-refractivity contribution in [1.82, 2.24) is 4.90 Å². The fourth-order valence-corrected chi connectivity index (χ4v) is 4.67. The number of carbonyl (C=O) groups excluding carboxylic acids is 1. The van der Waals surface area contributed by atoms with Crippen molar-refractivity contribution in [2.45, 2.75) is 36.7 Å². The SMILES string of the molecule is O=C([C@@H]1COc2cc(S(=O)(=O)Nc3cccc(F)c3)ccc2O1)N1CCCCCC1. The van der Waals surface area contributed by atoms with Gasteiger partial charge in [-0.2, -0.15) is 0 Å². The first kappa shape index (κ1) is 20.5. The van der Waals surface area contributed by atoms with Crippen molar-refractivity contribution >= 4 is 21.6 Å².